The maximum absolute atomic E-state index is 5.70. The normalized spacial score (nSPS) is 20.4. The van der Waals surface area contributed by atoms with Gasteiger partial charge in [0.15, 0.2) is 0 Å². The van der Waals surface area contributed by atoms with E-state index in [1.54, 1.807) is 0 Å². The summed E-state index contributed by atoms with van der Waals surface area (Å²) >= 11 is 0. The van der Waals surface area contributed by atoms with Gasteiger partial charge >= 0.3 is 0 Å². The predicted molar refractivity (Wildman–Crippen MR) is 65.6 cm³/mol. The minimum atomic E-state index is 0.367. The van der Waals surface area contributed by atoms with Crippen molar-refractivity contribution in [2.24, 2.45) is 0 Å². The lowest BCUT2D eigenvalue weighted by Gasteiger charge is -2.20. The maximum atomic E-state index is 5.70. The van der Waals surface area contributed by atoms with Crippen LogP contribution in [0.4, 0.5) is 11.8 Å². The minimum absolute atomic E-state index is 0.367. The van der Waals surface area contributed by atoms with Crippen molar-refractivity contribution in [2.45, 2.75) is 26.3 Å². The molecule has 5 heteroatoms. The summed E-state index contributed by atoms with van der Waals surface area (Å²) in [6.45, 7) is 6.05. The van der Waals surface area contributed by atoms with E-state index in [-0.39, 0.29) is 0 Å². The summed E-state index contributed by atoms with van der Waals surface area (Å²) in [7, 11) is 2.00. The second-order valence-corrected chi connectivity index (χ2v) is 4.34. The molecule has 1 aliphatic heterocycles. The first-order valence-electron chi connectivity index (χ1n) is 5.64. The second kappa shape index (κ2) is 4.25. The average Bonchev–Trinajstić information content (AvgIpc) is 2.71. The van der Waals surface area contributed by atoms with Gasteiger partial charge in [-0.3, -0.25) is 0 Å². The highest BCUT2D eigenvalue weighted by Gasteiger charge is 2.24. The number of aromatic nitrogens is 2. The Kier molecular flexibility index (Phi) is 2.96. The van der Waals surface area contributed by atoms with Crippen LogP contribution >= 0.6 is 0 Å². The molecule has 5 nitrogen and oxygen atoms in total. The molecule has 1 aliphatic rings. The molecule has 88 valence electrons. The van der Waals surface area contributed by atoms with Crippen molar-refractivity contribution in [2.75, 3.05) is 30.8 Å². The van der Waals surface area contributed by atoms with E-state index in [9.17, 15) is 0 Å². The largest absolute Gasteiger partial charge is 0.368 e. The molecule has 1 fully saturated rings. The van der Waals surface area contributed by atoms with Crippen LogP contribution in [0.15, 0.2) is 0 Å². The van der Waals surface area contributed by atoms with E-state index in [4.69, 9.17) is 5.73 Å². The smallest absolute Gasteiger partial charge is 0.222 e. The van der Waals surface area contributed by atoms with E-state index in [0.717, 1.165) is 36.6 Å². The number of nitrogens with zero attached hydrogens (tertiary/aromatic N) is 3. The molecule has 0 aliphatic carbocycles. The van der Waals surface area contributed by atoms with Gasteiger partial charge in [0.2, 0.25) is 5.95 Å². The molecule has 2 heterocycles. The van der Waals surface area contributed by atoms with Crippen molar-refractivity contribution >= 4 is 11.8 Å². The Balaban J connectivity index is 2.27. The standard InChI is InChI=1S/C11H19N5/c1-7-8(2)14-11(12)15-10(7)16-5-4-9(6-16)13-3/h9,13H,4-6H2,1-3H3,(H2,12,14,15)/t9-/m0/s1. The lowest BCUT2D eigenvalue weighted by Crippen LogP contribution is -2.30. The highest BCUT2D eigenvalue weighted by atomic mass is 15.2. The van der Waals surface area contributed by atoms with E-state index < -0.39 is 0 Å². The lowest BCUT2D eigenvalue weighted by molar-refractivity contribution is 0.616. The summed E-state index contributed by atoms with van der Waals surface area (Å²) in [5.74, 6) is 1.36. The van der Waals surface area contributed by atoms with E-state index in [1.807, 2.05) is 14.0 Å². The van der Waals surface area contributed by atoms with Crippen molar-refractivity contribution in [1.29, 1.82) is 0 Å². The molecule has 1 saturated heterocycles. The molecular formula is C11H19N5. The van der Waals surface area contributed by atoms with E-state index in [0.29, 0.717) is 12.0 Å². The quantitative estimate of drug-likeness (QED) is 0.760. The van der Waals surface area contributed by atoms with Crippen molar-refractivity contribution in [3.63, 3.8) is 0 Å². The van der Waals surface area contributed by atoms with E-state index in [1.165, 1.54) is 0 Å². The van der Waals surface area contributed by atoms with Gasteiger partial charge in [0.1, 0.15) is 5.82 Å². The lowest BCUT2D eigenvalue weighted by atomic mass is 10.2. The van der Waals surface area contributed by atoms with Crippen LogP contribution in [-0.2, 0) is 0 Å². The summed E-state index contributed by atoms with van der Waals surface area (Å²) in [6.07, 6.45) is 1.15. The van der Waals surface area contributed by atoms with Crippen molar-refractivity contribution in [1.82, 2.24) is 15.3 Å². The summed E-state index contributed by atoms with van der Waals surface area (Å²) in [5.41, 5.74) is 7.80. The van der Waals surface area contributed by atoms with Gasteiger partial charge in [-0.15, -0.1) is 0 Å². The number of anilines is 2. The van der Waals surface area contributed by atoms with Gasteiger partial charge in [-0.2, -0.15) is 4.98 Å². The third-order valence-corrected chi connectivity index (χ3v) is 3.28. The van der Waals surface area contributed by atoms with Crippen LogP contribution in [0.1, 0.15) is 17.7 Å². The summed E-state index contributed by atoms with van der Waals surface area (Å²) in [5, 5.41) is 3.30. The Hall–Kier alpha value is -1.36. The first-order valence-corrected chi connectivity index (χ1v) is 5.64. The molecular weight excluding hydrogens is 202 g/mol. The molecule has 1 aromatic rings. The highest BCUT2D eigenvalue weighted by Crippen LogP contribution is 2.24. The van der Waals surface area contributed by atoms with Crippen molar-refractivity contribution in [3.05, 3.63) is 11.3 Å². The molecule has 0 aromatic carbocycles. The van der Waals surface area contributed by atoms with Gasteiger partial charge in [-0.1, -0.05) is 0 Å². The summed E-state index contributed by atoms with van der Waals surface area (Å²) < 4.78 is 0. The minimum Gasteiger partial charge on any atom is -0.368 e. The molecule has 1 atom stereocenters. The fraction of sp³-hybridized carbons (Fsp3) is 0.636. The molecule has 0 radical (unpaired) electrons. The van der Waals surface area contributed by atoms with Crippen LogP contribution < -0.4 is 16.0 Å². The molecule has 0 unspecified atom stereocenters. The SMILES string of the molecule is CN[C@H]1CCN(c2nc(N)nc(C)c2C)C1. The van der Waals surface area contributed by atoms with Gasteiger partial charge in [0.05, 0.1) is 0 Å². The number of likely N-dealkylation sites (N-methyl/N-ethyl adjacent to an activating group) is 1. The first kappa shape index (κ1) is 11.1. The van der Waals surface area contributed by atoms with Crippen LogP contribution in [0.3, 0.4) is 0 Å². The van der Waals surface area contributed by atoms with Crippen LogP contribution in [0.5, 0.6) is 0 Å². The van der Waals surface area contributed by atoms with Crippen LogP contribution in [0, 0.1) is 13.8 Å². The molecule has 2 rings (SSSR count). The number of nitrogen functional groups attached to an aromatic ring is 1. The molecule has 1 aromatic heterocycles. The second-order valence-electron chi connectivity index (χ2n) is 4.34. The molecule has 3 N–H and O–H groups in total. The number of nitrogens with two attached hydrogens (primary N) is 1. The third-order valence-electron chi connectivity index (χ3n) is 3.28. The van der Waals surface area contributed by atoms with Gasteiger partial charge in [-0.25, -0.2) is 4.98 Å². The van der Waals surface area contributed by atoms with E-state index >= 15 is 0 Å². The predicted octanol–water partition coefficient (Wildman–Crippen LogP) is 0.474. The monoisotopic (exact) mass is 221 g/mol. The average molecular weight is 221 g/mol. The van der Waals surface area contributed by atoms with E-state index in [2.05, 4.69) is 27.1 Å². The Morgan fingerprint density at radius 1 is 1.38 bits per heavy atom. The summed E-state index contributed by atoms with van der Waals surface area (Å²) in [6, 6.07) is 0.552. The van der Waals surface area contributed by atoms with Gasteiger partial charge in [0, 0.05) is 30.4 Å². The fourth-order valence-corrected chi connectivity index (χ4v) is 2.13. The fourth-order valence-electron chi connectivity index (χ4n) is 2.13. The number of rotatable bonds is 2. The number of hydrogen-bond acceptors (Lipinski definition) is 5. The molecule has 0 spiro atoms. The van der Waals surface area contributed by atoms with Crippen molar-refractivity contribution in [3.8, 4) is 0 Å². The third kappa shape index (κ3) is 1.95. The van der Waals surface area contributed by atoms with Crippen LogP contribution in [-0.4, -0.2) is 36.1 Å². The number of aryl methyl sites for hydroxylation is 1. The van der Waals surface area contributed by atoms with Gasteiger partial charge in [-0.05, 0) is 27.3 Å². The van der Waals surface area contributed by atoms with Crippen LogP contribution in [0.2, 0.25) is 0 Å². The summed E-state index contributed by atoms with van der Waals surface area (Å²) in [4.78, 5) is 10.8. The first-order chi connectivity index (χ1) is 7.61. The molecule has 0 bridgehead atoms. The zero-order chi connectivity index (χ0) is 11.7. The Morgan fingerprint density at radius 3 is 2.75 bits per heavy atom. The number of nitrogens with one attached hydrogen (secondary N) is 1. The maximum Gasteiger partial charge on any atom is 0.222 e. The molecule has 0 amide bonds. The zero-order valence-corrected chi connectivity index (χ0v) is 10.1. The zero-order valence-electron chi connectivity index (χ0n) is 10.1. The van der Waals surface area contributed by atoms with Gasteiger partial charge in [0.25, 0.3) is 0 Å². The highest BCUT2D eigenvalue weighted by molar-refractivity contribution is 5.51. The molecule has 0 saturated carbocycles. The van der Waals surface area contributed by atoms with Crippen molar-refractivity contribution < 1.29 is 0 Å². The number of hydrogen-bond donors (Lipinski definition) is 2. The Labute approximate surface area is 96.1 Å². The van der Waals surface area contributed by atoms with Gasteiger partial charge < -0.3 is 16.0 Å². The molecule has 16 heavy (non-hydrogen) atoms. The Morgan fingerprint density at radius 2 is 2.12 bits per heavy atom. The topological polar surface area (TPSA) is 67.1 Å². The Bertz CT molecular complexity index is 390. The van der Waals surface area contributed by atoms with Crippen LogP contribution in [0.25, 0.3) is 0 Å².